The number of rotatable bonds is 4. The van der Waals surface area contributed by atoms with Crippen LogP contribution in [0.25, 0.3) is 0 Å². The molecule has 0 N–H and O–H groups in total. The third-order valence-electron chi connectivity index (χ3n) is 1.40. The van der Waals surface area contributed by atoms with E-state index in [-0.39, 0.29) is 12.4 Å². The van der Waals surface area contributed by atoms with E-state index in [1.807, 2.05) is 0 Å². The molecule has 0 aliphatic carbocycles. The van der Waals surface area contributed by atoms with Crippen LogP contribution in [-0.4, -0.2) is 20.0 Å². The van der Waals surface area contributed by atoms with Crippen LogP contribution in [0.15, 0.2) is 22.9 Å². The molecule has 78 valence electrons. The maximum absolute atomic E-state index is 11.2. The van der Waals surface area contributed by atoms with Crippen molar-refractivity contribution >= 4 is 26.0 Å². The molecule has 0 bridgehead atoms. The number of halogens is 1. The van der Waals surface area contributed by atoms with E-state index in [0.29, 0.717) is 5.56 Å². The molecule has 6 heteroatoms. The molecule has 0 aliphatic heterocycles. The summed E-state index contributed by atoms with van der Waals surface area (Å²) in [6.07, 6.45) is 3.10. The molecule has 0 saturated carbocycles. The summed E-state index contributed by atoms with van der Waals surface area (Å²) >= 11 is 3.21. The molecule has 0 aromatic carbocycles. The van der Waals surface area contributed by atoms with Gasteiger partial charge < -0.3 is 0 Å². The summed E-state index contributed by atoms with van der Waals surface area (Å²) in [5, 5.41) is 0. The molecule has 0 spiro atoms. The number of aromatic nitrogens is 1. The molecule has 1 aromatic heterocycles. The van der Waals surface area contributed by atoms with Gasteiger partial charge in [-0.05, 0) is 34.5 Å². The molecule has 14 heavy (non-hydrogen) atoms. The van der Waals surface area contributed by atoms with Gasteiger partial charge in [0.15, 0.2) is 0 Å². The standard InChI is InChI=1S/C8H10BrNO3S/c1-2-13-14(11,12)6-7-3-8(9)5-10-4-7/h3-5H,2,6H2,1H3. The minimum atomic E-state index is -3.46. The number of nitrogens with zero attached hydrogens (tertiary/aromatic N) is 1. The quantitative estimate of drug-likeness (QED) is 0.788. The van der Waals surface area contributed by atoms with Crippen LogP contribution in [-0.2, 0) is 20.1 Å². The van der Waals surface area contributed by atoms with E-state index in [2.05, 4.69) is 25.1 Å². The van der Waals surface area contributed by atoms with Crippen LogP contribution in [0.1, 0.15) is 12.5 Å². The van der Waals surface area contributed by atoms with Gasteiger partial charge in [0.1, 0.15) is 5.75 Å². The van der Waals surface area contributed by atoms with Crippen LogP contribution in [0.2, 0.25) is 0 Å². The van der Waals surface area contributed by atoms with E-state index in [9.17, 15) is 8.42 Å². The third kappa shape index (κ3) is 3.73. The lowest BCUT2D eigenvalue weighted by molar-refractivity contribution is 0.337. The Morgan fingerprint density at radius 3 is 2.79 bits per heavy atom. The van der Waals surface area contributed by atoms with Crippen molar-refractivity contribution in [2.75, 3.05) is 6.61 Å². The first-order valence-corrected chi connectivity index (χ1v) is 6.37. The zero-order chi connectivity index (χ0) is 10.6. The van der Waals surface area contributed by atoms with E-state index in [1.165, 1.54) is 6.20 Å². The Kier molecular flexibility index (Phi) is 4.03. The predicted molar refractivity (Wildman–Crippen MR) is 56.2 cm³/mol. The first-order valence-electron chi connectivity index (χ1n) is 4.00. The molecule has 0 saturated heterocycles. The Balaban J connectivity index is 2.79. The fourth-order valence-electron chi connectivity index (χ4n) is 0.960. The van der Waals surface area contributed by atoms with Gasteiger partial charge in [-0.25, -0.2) is 0 Å². The van der Waals surface area contributed by atoms with Crippen LogP contribution >= 0.6 is 15.9 Å². The molecule has 4 nitrogen and oxygen atoms in total. The molecular formula is C8H10BrNO3S. The van der Waals surface area contributed by atoms with E-state index in [1.54, 1.807) is 19.2 Å². The van der Waals surface area contributed by atoms with Gasteiger partial charge in [0.05, 0.1) is 6.61 Å². The van der Waals surface area contributed by atoms with Crippen molar-refractivity contribution < 1.29 is 12.6 Å². The van der Waals surface area contributed by atoms with Crippen molar-refractivity contribution in [3.05, 3.63) is 28.5 Å². The fraction of sp³-hybridized carbons (Fsp3) is 0.375. The monoisotopic (exact) mass is 279 g/mol. The average molecular weight is 280 g/mol. The number of hydrogen-bond acceptors (Lipinski definition) is 4. The minimum Gasteiger partial charge on any atom is -0.270 e. The van der Waals surface area contributed by atoms with E-state index >= 15 is 0 Å². The number of pyridine rings is 1. The summed E-state index contributed by atoms with van der Waals surface area (Å²) in [6.45, 7) is 1.79. The van der Waals surface area contributed by atoms with Gasteiger partial charge in [0.25, 0.3) is 10.1 Å². The highest BCUT2D eigenvalue weighted by atomic mass is 79.9. The second kappa shape index (κ2) is 4.86. The second-order valence-corrected chi connectivity index (χ2v) is 5.18. The average Bonchev–Trinajstić information content (AvgIpc) is 2.02. The highest BCUT2D eigenvalue weighted by Gasteiger charge is 2.11. The van der Waals surface area contributed by atoms with Crippen LogP contribution < -0.4 is 0 Å². The van der Waals surface area contributed by atoms with Gasteiger partial charge in [-0.2, -0.15) is 8.42 Å². The summed E-state index contributed by atoms with van der Waals surface area (Å²) in [5.41, 5.74) is 0.604. The maximum Gasteiger partial charge on any atom is 0.271 e. The lowest BCUT2D eigenvalue weighted by atomic mass is 10.3. The third-order valence-corrected chi connectivity index (χ3v) is 3.12. The Bertz CT molecular complexity index is 405. The number of hydrogen-bond donors (Lipinski definition) is 0. The first kappa shape index (κ1) is 11.6. The van der Waals surface area contributed by atoms with Crippen LogP contribution in [0, 0.1) is 0 Å². The largest absolute Gasteiger partial charge is 0.271 e. The van der Waals surface area contributed by atoms with Crippen molar-refractivity contribution in [2.45, 2.75) is 12.7 Å². The van der Waals surface area contributed by atoms with Gasteiger partial charge in [0, 0.05) is 16.9 Å². The van der Waals surface area contributed by atoms with E-state index in [0.717, 1.165) is 4.47 Å². The van der Waals surface area contributed by atoms with Crippen molar-refractivity contribution in [2.24, 2.45) is 0 Å². The Morgan fingerprint density at radius 1 is 1.50 bits per heavy atom. The highest BCUT2D eigenvalue weighted by Crippen LogP contribution is 2.12. The van der Waals surface area contributed by atoms with Gasteiger partial charge >= 0.3 is 0 Å². The molecule has 0 aliphatic rings. The SMILES string of the molecule is CCOS(=O)(=O)Cc1cncc(Br)c1. The molecule has 1 rings (SSSR count). The summed E-state index contributed by atoms with van der Waals surface area (Å²) in [5.74, 6) is -0.146. The van der Waals surface area contributed by atoms with Crippen molar-refractivity contribution in [1.82, 2.24) is 4.98 Å². The lowest BCUT2D eigenvalue weighted by Crippen LogP contribution is -2.08. The molecule has 0 fully saturated rings. The molecule has 0 unspecified atom stereocenters. The molecule has 0 amide bonds. The van der Waals surface area contributed by atoms with Gasteiger partial charge in [-0.1, -0.05) is 0 Å². The fourth-order valence-corrected chi connectivity index (χ4v) is 2.38. The minimum absolute atomic E-state index is 0.146. The lowest BCUT2D eigenvalue weighted by Gasteiger charge is -2.02. The summed E-state index contributed by atoms with van der Waals surface area (Å²) in [6, 6.07) is 1.70. The van der Waals surface area contributed by atoms with E-state index < -0.39 is 10.1 Å². The Labute approximate surface area is 91.6 Å². The molecule has 0 radical (unpaired) electrons. The normalized spacial score (nSPS) is 11.6. The second-order valence-electron chi connectivity index (χ2n) is 2.62. The predicted octanol–water partition coefficient (Wildman–Crippen LogP) is 1.71. The highest BCUT2D eigenvalue weighted by molar-refractivity contribution is 9.10. The van der Waals surface area contributed by atoms with Gasteiger partial charge in [0.2, 0.25) is 0 Å². The topological polar surface area (TPSA) is 56.3 Å². The Morgan fingerprint density at radius 2 is 2.21 bits per heavy atom. The van der Waals surface area contributed by atoms with Crippen LogP contribution in [0.5, 0.6) is 0 Å². The zero-order valence-corrected chi connectivity index (χ0v) is 10.0. The van der Waals surface area contributed by atoms with Crippen molar-refractivity contribution in [3.63, 3.8) is 0 Å². The first-order chi connectivity index (χ1) is 6.53. The molecule has 0 atom stereocenters. The van der Waals surface area contributed by atoms with Gasteiger partial charge in [-0.15, -0.1) is 0 Å². The van der Waals surface area contributed by atoms with E-state index in [4.69, 9.17) is 0 Å². The Hall–Kier alpha value is -0.460. The summed E-state index contributed by atoms with van der Waals surface area (Å²) < 4.78 is 27.8. The van der Waals surface area contributed by atoms with Crippen LogP contribution in [0.4, 0.5) is 0 Å². The van der Waals surface area contributed by atoms with Crippen molar-refractivity contribution in [1.29, 1.82) is 0 Å². The molecule has 1 heterocycles. The van der Waals surface area contributed by atoms with Gasteiger partial charge in [-0.3, -0.25) is 9.17 Å². The molecule has 1 aromatic rings. The molecular weight excluding hydrogens is 270 g/mol. The summed E-state index contributed by atoms with van der Waals surface area (Å²) in [4.78, 5) is 3.86. The summed E-state index contributed by atoms with van der Waals surface area (Å²) in [7, 11) is -3.46. The smallest absolute Gasteiger partial charge is 0.270 e. The van der Waals surface area contributed by atoms with Crippen LogP contribution in [0.3, 0.4) is 0 Å². The van der Waals surface area contributed by atoms with Crippen molar-refractivity contribution in [3.8, 4) is 0 Å². The zero-order valence-electron chi connectivity index (χ0n) is 7.60. The maximum atomic E-state index is 11.2.